The molecule has 32 heavy (non-hydrogen) atoms. The van der Waals surface area contributed by atoms with Crippen molar-refractivity contribution in [3.63, 3.8) is 0 Å². The van der Waals surface area contributed by atoms with E-state index in [1.54, 1.807) is 18.2 Å². The van der Waals surface area contributed by atoms with E-state index < -0.39 is 23.6 Å². The van der Waals surface area contributed by atoms with Crippen LogP contribution in [0, 0.1) is 0 Å². The summed E-state index contributed by atoms with van der Waals surface area (Å²) >= 11 is 0. The summed E-state index contributed by atoms with van der Waals surface area (Å²) in [5.41, 5.74) is 19.0. The fourth-order valence-corrected chi connectivity index (χ4v) is 2.92. The second kappa shape index (κ2) is 9.54. The van der Waals surface area contributed by atoms with Crippen LogP contribution in [0.2, 0.25) is 0 Å². The average molecular weight is 431 g/mol. The van der Waals surface area contributed by atoms with Gasteiger partial charge in [-0.15, -0.1) is 0 Å². The van der Waals surface area contributed by atoms with Crippen molar-refractivity contribution in [3.8, 4) is 0 Å². The first-order chi connectivity index (χ1) is 15.3. The summed E-state index contributed by atoms with van der Waals surface area (Å²) in [7, 11) is 0. The van der Waals surface area contributed by atoms with E-state index in [0.29, 0.717) is 33.6 Å². The van der Waals surface area contributed by atoms with Gasteiger partial charge in [-0.2, -0.15) is 0 Å². The fourth-order valence-electron chi connectivity index (χ4n) is 2.92. The Bertz CT molecular complexity index is 1190. The summed E-state index contributed by atoms with van der Waals surface area (Å²) in [4.78, 5) is 47.5. The lowest BCUT2D eigenvalue weighted by Gasteiger charge is -2.13. The zero-order valence-corrected chi connectivity index (χ0v) is 16.9. The smallest absolute Gasteiger partial charge is 0.255 e. The molecule has 8 N–H and O–H groups in total. The predicted molar refractivity (Wildman–Crippen MR) is 120 cm³/mol. The maximum Gasteiger partial charge on any atom is 0.255 e. The van der Waals surface area contributed by atoms with Crippen LogP contribution in [0.5, 0.6) is 0 Å². The van der Waals surface area contributed by atoms with Gasteiger partial charge in [-0.1, -0.05) is 6.07 Å². The average Bonchev–Trinajstić information content (AvgIpc) is 2.79. The molecule has 0 fully saturated rings. The molecule has 0 aliphatic rings. The Kier molecular flexibility index (Phi) is 6.62. The zero-order chi connectivity index (χ0) is 23.3. The molecule has 0 aromatic heterocycles. The number of primary amides is 2. The normalized spacial score (nSPS) is 10.3. The topological polar surface area (TPSA) is 170 Å². The number of nitrogens with one attached hydrogen (secondary N) is 2. The Morgan fingerprint density at radius 2 is 1.06 bits per heavy atom. The lowest BCUT2D eigenvalue weighted by atomic mass is 10.1. The van der Waals surface area contributed by atoms with E-state index in [2.05, 4.69) is 10.6 Å². The molecule has 4 amide bonds. The van der Waals surface area contributed by atoms with Crippen LogP contribution < -0.4 is 27.8 Å². The number of benzene rings is 3. The molecule has 0 saturated carbocycles. The fraction of sp³-hybridized carbons (Fsp3) is 0.0435. The number of nitrogens with two attached hydrogens (primary N) is 3. The molecule has 3 aromatic carbocycles. The third-order valence-corrected chi connectivity index (χ3v) is 4.70. The molecule has 9 heteroatoms. The van der Waals surface area contributed by atoms with Gasteiger partial charge in [0.1, 0.15) is 0 Å². The van der Waals surface area contributed by atoms with Crippen LogP contribution in [0.1, 0.15) is 47.0 Å². The van der Waals surface area contributed by atoms with Crippen molar-refractivity contribution in [2.75, 3.05) is 10.6 Å². The minimum Gasteiger partial charge on any atom is -0.366 e. The highest BCUT2D eigenvalue weighted by molar-refractivity contribution is 6.07. The molecule has 162 valence electrons. The number of anilines is 2. The summed E-state index contributed by atoms with van der Waals surface area (Å²) < 4.78 is 0. The van der Waals surface area contributed by atoms with Gasteiger partial charge < -0.3 is 27.8 Å². The predicted octanol–water partition coefficient (Wildman–Crippen LogP) is 1.85. The summed E-state index contributed by atoms with van der Waals surface area (Å²) in [6.45, 7) is 0.166. The number of hydrogen-bond acceptors (Lipinski definition) is 5. The maximum absolute atomic E-state index is 12.6. The van der Waals surface area contributed by atoms with Crippen molar-refractivity contribution in [1.29, 1.82) is 0 Å². The summed E-state index contributed by atoms with van der Waals surface area (Å²) in [6.07, 6.45) is 0. The third kappa shape index (κ3) is 5.15. The highest BCUT2D eigenvalue weighted by atomic mass is 16.2. The van der Waals surface area contributed by atoms with Gasteiger partial charge in [0, 0.05) is 40.2 Å². The van der Waals surface area contributed by atoms with E-state index in [0.717, 1.165) is 0 Å². The molecule has 0 spiro atoms. The molecule has 3 rings (SSSR count). The highest BCUT2D eigenvalue weighted by Gasteiger charge is 2.13. The number of rotatable bonds is 7. The van der Waals surface area contributed by atoms with E-state index in [-0.39, 0.29) is 12.1 Å². The molecular formula is C23H21N5O4. The monoisotopic (exact) mass is 431 g/mol. The van der Waals surface area contributed by atoms with Gasteiger partial charge >= 0.3 is 0 Å². The van der Waals surface area contributed by atoms with Crippen molar-refractivity contribution < 1.29 is 19.2 Å². The van der Waals surface area contributed by atoms with Crippen molar-refractivity contribution in [2.24, 2.45) is 17.2 Å². The zero-order valence-electron chi connectivity index (χ0n) is 16.9. The van der Waals surface area contributed by atoms with Gasteiger partial charge in [0.05, 0.1) is 0 Å². The summed E-state index contributed by atoms with van der Waals surface area (Å²) in [5.74, 6) is -1.99. The van der Waals surface area contributed by atoms with Crippen molar-refractivity contribution in [1.82, 2.24) is 0 Å². The van der Waals surface area contributed by atoms with Gasteiger partial charge in [-0.25, -0.2) is 0 Å². The van der Waals surface area contributed by atoms with Crippen molar-refractivity contribution >= 4 is 35.0 Å². The van der Waals surface area contributed by atoms with Gasteiger partial charge in [-0.3, -0.25) is 19.2 Å². The van der Waals surface area contributed by atoms with Crippen LogP contribution >= 0.6 is 0 Å². The van der Waals surface area contributed by atoms with Gasteiger partial charge in [0.15, 0.2) is 0 Å². The molecule has 0 aliphatic carbocycles. The second-order valence-electron chi connectivity index (χ2n) is 6.87. The minimum atomic E-state index is -0.588. The third-order valence-electron chi connectivity index (χ3n) is 4.70. The molecule has 0 saturated heterocycles. The summed E-state index contributed by atoms with van der Waals surface area (Å²) in [6, 6.07) is 16.7. The van der Waals surface area contributed by atoms with Crippen molar-refractivity contribution in [3.05, 3.63) is 94.5 Å². The lowest BCUT2D eigenvalue weighted by molar-refractivity contribution is 0.0991. The van der Waals surface area contributed by atoms with Gasteiger partial charge in [0.25, 0.3) is 11.8 Å². The Hall–Kier alpha value is -4.50. The lowest BCUT2D eigenvalue weighted by Crippen LogP contribution is -2.17. The molecule has 0 heterocycles. The number of hydrogen-bond donors (Lipinski definition) is 5. The van der Waals surface area contributed by atoms with E-state index in [9.17, 15) is 19.2 Å². The standard InChI is InChI=1S/C23H21N5O4/c24-12-17-9-10-18(27-22(31)15-5-1-13(2-6-15)20(25)29)11-19(17)28-23(32)16-7-3-14(4-8-16)21(26)30/h1-11H,12,24H2,(H2,25,29)(H2,26,30)(H,27,31)(H,28,32). The molecule has 0 radical (unpaired) electrons. The first kappa shape index (κ1) is 22.2. The van der Waals surface area contributed by atoms with Gasteiger partial charge in [0.2, 0.25) is 11.8 Å². The Labute approximate surface area is 183 Å². The van der Waals surface area contributed by atoms with Crippen LogP contribution in [-0.2, 0) is 6.54 Å². The van der Waals surface area contributed by atoms with E-state index in [1.165, 1.54) is 48.5 Å². The first-order valence-corrected chi connectivity index (χ1v) is 9.54. The van der Waals surface area contributed by atoms with Crippen LogP contribution in [0.3, 0.4) is 0 Å². The van der Waals surface area contributed by atoms with Crippen LogP contribution in [-0.4, -0.2) is 23.6 Å². The molecule has 0 aliphatic heterocycles. The van der Waals surface area contributed by atoms with Gasteiger partial charge in [-0.05, 0) is 66.2 Å². The number of carbonyl (C=O) groups is 4. The largest absolute Gasteiger partial charge is 0.366 e. The number of carbonyl (C=O) groups excluding carboxylic acids is 4. The second-order valence-corrected chi connectivity index (χ2v) is 6.87. The first-order valence-electron chi connectivity index (χ1n) is 9.54. The van der Waals surface area contributed by atoms with Crippen LogP contribution in [0.25, 0.3) is 0 Å². The Morgan fingerprint density at radius 1 is 0.625 bits per heavy atom. The summed E-state index contributed by atoms with van der Waals surface area (Å²) in [5, 5.41) is 5.49. The highest BCUT2D eigenvalue weighted by Crippen LogP contribution is 2.22. The number of amides is 4. The molecule has 3 aromatic rings. The molecule has 9 nitrogen and oxygen atoms in total. The Balaban J connectivity index is 1.77. The van der Waals surface area contributed by atoms with Crippen LogP contribution in [0.15, 0.2) is 66.7 Å². The van der Waals surface area contributed by atoms with E-state index >= 15 is 0 Å². The van der Waals surface area contributed by atoms with E-state index in [1.807, 2.05) is 0 Å². The Morgan fingerprint density at radius 3 is 1.50 bits per heavy atom. The molecular weight excluding hydrogens is 410 g/mol. The minimum absolute atomic E-state index is 0.166. The molecule has 0 atom stereocenters. The molecule has 0 bridgehead atoms. The van der Waals surface area contributed by atoms with Crippen molar-refractivity contribution in [2.45, 2.75) is 6.54 Å². The SMILES string of the molecule is NCc1ccc(NC(=O)c2ccc(C(N)=O)cc2)cc1NC(=O)c1ccc(C(N)=O)cc1. The maximum atomic E-state index is 12.6. The quantitative estimate of drug-likeness (QED) is 0.384. The van der Waals surface area contributed by atoms with Crippen LogP contribution in [0.4, 0.5) is 11.4 Å². The molecule has 0 unspecified atom stereocenters. The van der Waals surface area contributed by atoms with E-state index in [4.69, 9.17) is 17.2 Å².